The van der Waals surface area contributed by atoms with Crippen LogP contribution in [-0.2, 0) is 11.3 Å². The third-order valence-electron chi connectivity index (χ3n) is 6.20. The zero-order valence-electron chi connectivity index (χ0n) is 18.7. The molecule has 5 rings (SSSR count). The molecule has 1 atom stereocenters. The van der Waals surface area contributed by atoms with E-state index in [0.29, 0.717) is 41.8 Å². The number of nitrogens with two attached hydrogens (primary N) is 1. The number of halogens is 1. The third kappa shape index (κ3) is 4.19. The van der Waals surface area contributed by atoms with Crippen molar-refractivity contribution in [1.29, 1.82) is 0 Å². The summed E-state index contributed by atoms with van der Waals surface area (Å²) in [6.45, 7) is 3.46. The van der Waals surface area contributed by atoms with Crippen LogP contribution in [0, 0.1) is 0 Å². The summed E-state index contributed by atoms with van der Waals surface area (Å²) in [5.41, 5.74) is 7.65. The lowest BCUT2D eigenvalue weighted by Crippen LogP contribution is -2.58. The van der Waals surface area contributed by atoms with Gasteiger partial charge in [-0.25, -0.2) is 9.97 Å². The molecule has 0 radical (unpaired) electrons. The Hall–Kier alpha value is -3.23. The van der Waals surface area contributed by atoms with Crippen molar-refractivity contribution in [3.05, 3.63) is 64.3 Å². The first-order valence-corrected chi connectivity index (χ1v) is 12.4. The lowest BCUT2D eigenvalue weighted by molar-refractivity contribution is -0.141. The standard InChI is InChI=1S/C25H24ClN5O2S/c1-2-3-20-24(32)30(13-15-4-7-18-19(10-15)28-14-29-23(18)27)8-9-31(20)25(33)22-11-16-5-6-17(26)12-21(16)34-22/h4-7,10-12,14,20H,2-3,8-9,13H2,1H3,(H2,27,28,29). The summed E-state index contributed by atoms with van der Waals surface area (Å²) in [6, 6.07) is 12.8. The number of carbonyl (C=O) groups excluding carboxylic acids is 2. The summed E-state index contributed by atoms with van der Waals surface area (Å²) in [6.07, 6.45) is 2.87. The van der Waals surface area contributed by atoms with Crippen molar-refractivity contribution < 1.29 is 9.59 Å². The number of piperazine rings is 1. The molecule has 1 unspecified atom stereocenters. The van der Waals surface area contributed by atoms with Crippen molar-refractivity contribution in [3.8, 4) is 0 Å². The molecule has 2 amide bonds. The van der Waals surface area contributed by atoms with Crippen LogP contribution in [0.2, 0.25) is 5.02 Å². The van der Waals surface area contributed by atoms with Crippen molar-refractivity contribution in [1.82, 2.24) is 19.8 Å². The number of anilines is 1. The Morgan fingerprint density at radius 3 is 2.85 bits per heavy atom. The molecule has 1 fully saturated rings. The van der Waals surface area contributed by atoms with Gasteiger partial charge in [-0.3, -0.25) is 9.59 Å². The van der Waals surface area contributed by atoms with E-state index < -0.39 is 6.04 Å². The van der Waals surface area contributed by atoms with Gasteiger partial charge in [-0.05, 0) is 47.7 Å². The second-order valence-corrected chi connectivity index (χ2v) is 9.99. The van der Waals surface area contributed by atoms with Crippen LogP contribution in [0.25, 0.3) is 21.0 Å². The first-order valence-electron chi connectivity index (χ1n) is 11.2. The number of aromatic nitrogens is 2. The summed E-state index contributed by atoms with van der Waals surface area (Å²) < 4.78 is 0.966. The molecule has 9 heteroatoms. The SMILES string of the molecule is CCCC1C(=O)N(Cc2ccc3c(N)ncnc3c2)CCN1C(=O)c1cc2ccc(Cl)cc2s1. The maximum Gasteiger partial charge on any atom is 0.264 e. The molecule has 0 aliphatic carbocycles. The molecule has 4 aromatic rings. The highest BCUT2D eigenvalue weighted by molar-refractivity contribution is 7.20. The average molecular weight is 494 g/mol. The van der Waals surface area contributed by atoms with Gasteiger partial charge in [-0.15, -0.1) is 11.3 Å². The summed E-state index contributed by atoms with van der Waals surface area (Å²) in [5, 5.41) is 2.42. The Kier molecular flexibility index (Phi) is 6.10. The second-order valence-electron chi connectivity index (χ2n) is 8.47. The number of nitrogens with zero attached hydrogens (tertiary/aromatic N) is 4. The van der Waals surface area contributed by atoms with E-state index in [1.165, 1.54) is 17.7 Å². The van der Waals surface area contributed by atoms with E-state index in [1.54, 1.807) is 4.90 Å². The van der Waals surface area contributed by atoms with Crippen molar-refractivity contribution >= 4 is 61.6 Å². The Morgan fingerprint density at radius 2 is 2.03 bits per heavy atom. The van der Waals surface area contributed by atoms with E-state index in [4.69, 9.17) is 17.3 Å². The molecule has 3 heterocycles. The van der Waals surface area contributed by atoms with Gasteiger partial charge < -0.3 is 15.5 Å². The molecule has 174 valence electrons. The van der Waals surface area contributed by atoms with Gasteiger partial charge in [0.2, 0.25) is 5.91 Å². The number of fused-ring (bicyclic) bond motifs is 2. The predicted molar refractivity (Wildman–Crippen MR) is 136 cm³/mol. The third-order valence-corrected chi connectivity index (χ3v) is 7.53. The highest BCUT2D eigenvalue weighted by Gasteiger charge is 2.37. The molecule has 0 saturated carbocycles. The van der Waals surface area contributed by atoms with E-state index in [2.05, 4.69) is 9.97 Å². The lowest BCUT2D eigenvalue weighted by Gasteiger charge is -2.40. The van der Waals surface area contributed by atoms with Crippen LogP contribution in [-0.4, -0.2) is 50.7 Å². The summed E-state index contributed by atoms with van der Waals surface area (Å²) in [7, 11) is 0. The van der Waals surface area contributed by atoms with Crippen LogP contribution >= 0.6 is 22.9 Å². The average Bonchev–Trinajstić information content (AvgIpc) is 3.25. The highest BCUT2D eigenvalue weighted by atomic mass is 35.5. The highest BCUT2D eigenvalue weighted by Crippen LogP contribution is 2.31. The summed E-state index contributed by atoms with van der Waals surface area (Å²) >= 11 is 7.53. The molecule has 1 aliphatic rings. The van der Waals surface area contributed by atoms with Crippen molar-refractivity contribution in [2.24, 2.45) is 0 Å². The number of nitrogen functional groups attached to an aromatic ring is 1. The Balaban J connectivity index is 1.37. The van der Waals surface area contributed by atoms with Crippen LogP contribution < -0.4 is 5.73 Å². The Morgan fingerprint density at radius 1 is 1.18 bits per heavy atom. The molecular formula is C25H24ClN5O2S. The fourth-order valence-electron chi connectivity index (χ4n) is 4.49. The number of carbonyl (C=O) groups is 2. The van der Waals surface area contributed by atoms with Gasteiger partial charge in [0, 0.05) is 34.7 Å². The Labute approximate surface area is 206 Å². The monoisotopic (exact) mass is 493 g/mol. The van der Waals surface area contributed by atoms with E-state index in [0.717, 1.165) is 33.0 Å². The zero-order valence-corrected chi connectivity index (χ0v) is 20.3. The molecule has 2 aromatic heterocycles. The van der Waals surface area contributed by atoms with Gasteiger partial charge in [0.1, 0.15) is 18.2 Å². The molecule has 0 spiro atoms. The fourth-order valence-corrected chi connectivity index (χ4v) is 5.78. The van der Waals surface area contributed by atoms with Gasteiger partial charge >= 0.3 is 0 Å². The van der Waals surface area contributed by atoms with E-state index in [1.807, 2.05) is 54.3 Å². The maximum absolute atomic E-state index is 13.5. The number of benzene rings is 2. The van der Waals surface area contributed by atoms with Crippen LogP contribution in [0.5, 0.6) is 0 Å². The van der Waals surface area contributed by atoms with Crippen LogP contribution in [0.3, 0.4) is 0 Å². The largest absolute Gasteiger partial charge is 0.383 e. The van der Waals surface area contributed by atoms with E-state index in [9.17, 15) is 9.59 Å². The number of hydrogen-bond acceptors (Lipinski definition) is 6. The molecule has 0 bridgehead atoms. The van der Waals surface area contributed by atoms with Crippen LogP contribution in [0.1, 0.15) is 35.0 Å². The minimum Gasteiger partial charge on any atom is -0.383 e. The molecule has 1 aliphatic heterocycles. The van der Waals surface area contributed by atoms with Gasteiger partial charge in [-0.1, -0.05) is 37.1 Å². The van der Waals surface area contributed by atoms with E-state index >= 15 is 0 Å². The van der Waals surface area contributed by atoms with Crippen molar-refractivity contribution in [3.63, 3.8) is 0 Å². The molecule has 2 aromatic carbocycles. The summed E-state index contributed by atoms with van der Waals surface area (Å²) in [4.78, 5) is 39.4. The number of hydrogen-bond donors (Lipinski definition) is 1. The molecule has 7 nitrogen and oxygen atoms in total. The van der Waals surface area contributed by atoms with Crippen molar-refractivity contribution in [2.75, 3.05) is 18.8 Å². The quantitative estimate of drug-likeness (QED) is 0.433. The molecular weight excluding hydrogens is 470 g/mol. The summed E-state index contributed by atoms with van der Waals surface area (Å²) in [5.74, 6) is 0.320. The number of amides is 2. The molecule has 1 saturated heterocycles. The van der Waals surface area contributed by atoms with Gasteiger partial charge in [0.15, 0.2) is 0 Å². The molecule has 34 heavy (non-hydrogen) atoms. The Bertz CT molecular complexity index is 1400. The van der Waals surface area contributed by atoms with Gasteiger partial charge in [-0.2, -0.15) is 0 Å². The minimum absolute atomic E-state index is 0.0205. The van der Waals surface area contributed by atoms with Gasteiger partial charge in [0.25, 0.3) is 5.91 Å². The zero-order chi connectivity index (χ0) is 23.8. The smallest absolute Gasteiger partial charge is 0.264 e. The van der Waals surface area contributed by atoms with Crippen molar-refractivity contribution in [2.45, 2.75) is 32.4 Å². The van der Waals surface area contributed by atoms with Crippen LogP contribution in [0.15, 0.2) is 48.8 Å². The topological polar surface area (TPSA) is 92.4 Å². The fraction of sp³-hybridized carbons (Fsp3) is 0.280. The number of rotatable bonds is 5. The van der Waals surface area contributed by atoms with Gasteiger partial charge in [0.05, 0.1) is 10.4 Å². The predicted octanol–water partition coefficient (Wildman–Crippen LogP) is 4.73. The first kappa shape index (κ1) is 22.6. The first-order chi connectivity index (χ1) is 16.4. The number of thiophene rings is 1. The molecule has 2 N–H and O–H groups in total. The maximum atomic E-state index is 13.5. The second kappa shape index (κ2) is 9.19. The van der Waals surface area contributed by atoms with E-state index in [-0.39, 0.29) is 11.8 Å². The lowest BCUT2D eigenvalue weighted by atomic mass is 10.0. The van der Waals surface area contributed by atoms with Crippen LogP contribution in [0.4, 0.5) is 5.82 Å². The normalized spacial score (nSPS) is 16.5. The minimum atomic E-state index is -0.474.